The third kappa shape index (κ3) is 4.59. The van der Waals surface area contributed by atoms with Crippen molar-refractivity contribution in [2.45, 2.75) is 0 Å². The smallest absolute Gasteiger partial charge is 0.256 e. The summed E-state index contributed by atoms with van der Waals surface area (Å²) in [6, 6.07) is 4.31. The molecular formula is C15H15BrFN5O2S. The van der Waals surface area contributed by atoms with Crippen molar-refractivity contribution in [1.29, 1.82) is 0 Å². The predicted octanol–water partition coefficient (Wildman–Crippen LogP) is 1.84. The first kappa shape index (κ1) is 17.9. The van der Waals surface area contributed by atoms with E-state index in [4.69, 9.17) is 0 Å². The molecule has 3 rings (SSSR count). The number of carbonyl (C=O) groups excluding carboxylic acids is 2. The van der Waals surface area contributed by atoms with E-state index >= 15 is 0 Å². The van der Waals surface area contributed by atoms with Crippen LogP contribution >= 0.6 is 27.3 Å². The zero-order chi connectivity index (χ0) is 17.8. The van der Waals surface area contributed by atoms with E-state index in [2.05, 4.69) is 31.4 Å². The topological polar surface area (TPSA) is 78.4 Å². The van der Waals surface area contributed by atoms with Gasteiger partial charge in [0.25, 0.3) is 5.91 Å². The Hall–Kier alpha value is -1.91. The summed E-state index contributed by atoms with van der Waals surface area (Å²) in [6.45, 7) is 2.19. The number of nitrogens with zero attached hydrogens (tertiary/aromatic N) is 4. The molecule has 0 bridgehead atoms. The number of rotatable bonds is 4. The molecular weight excluding hydrogens is 413 g/mol. The summed E-state index contributed by atoms with van der Waals surface area (Å²) in [5.41, 5.74) is 1.60. The lowest BCUT2D eigenvalue weighted by Crippen LogP contribution is -2.50. The average molecular weight is 428 g/mol. The molecule has 10 heteroatoms. The Morgan fingerprint density at radius 3 is 2.72 bits per heavy atom. The third-order valence-corrected chi connectivity index (χ3v) is 4.89. The maximum Gasteiger partial charge on any atom is 0.256 e. The van der Waals surface area contributed by atoms with Crippen LogP contribution in [-0.4, -0.2) is 64.5 Å². The molecule has 1 aliphatic rings. The third-order valence-electron chi connectivity index (χ3n) is 3.79. The zero-order valence-electron chi connectivity index (χ0n) is 13.1. The number of hydrogen-bond donors (Lipinski definition) is 1. The van der Waals surface area contributed by atoms with Gasteiger partial charge in [0, 0.05) is 30.7 Å². The van der Waals surface area contributed by atoms with Gasteiger partial charge >= 0.3 is 0 Å². The average Bonchev–Trinajstić information content (AvgIpc) is 3.10. The highest BCUT2D eigenvalue weighted by Gasteiger charge is 2.25. The minimum atomic E-state index is -0.535. The van der Waals surface area contributed by atoms with Gasteiger partial charge in [0.2, 0.25) is 11.0 Å². The summed E-state index contributed by atoms with van der Waals surface area (Å²) in [4.78, 5) is 28.0. The summed E-state index contributed by atoms with van der Waals surface area (Å²) >= 11 is 4.50. The molecule has 0 atom stereocenters. The van der Waals surface area contributed by atoms with Gasteiger partial charge in [0.1, 0.15) is 11.3 Å². The molecule has 7 nitrogen and oxygen atoms in total. The minimum Gasteiger partial charge on any atom is -0.336 e. The van der Waals surface area contributed by atoms with Gasteiger partial charge in [-0.25, -0.2) is 4.39 Å². The number of aromatic nitrogens is 2. The number of hydrogen-bond acceptors (Lipinski definition) is 6. The lowest BCUT2D eigenvalue weighted by Gasteiger charge is -2.34. The van der Waals surface area contributed by atoms with Crippen LogP contribution in [0.5, 0.6) is 0 Å². The van der Waals surface area contributed by atoms with Crippen molar-refractivity contribution < 1.29 is 14.0 Å². The lowest BCUT2D eigenvalue weighted by molar-refractivity contribution is -0.117. The van der Waals surface area contributed by atoms with Crippen LogP contribution in [0.15, 0.2) is 28.2 Å². The molecule has 0 unspecified atom stereocenters. The van der Waals surface area contributed by atoms with E-state index in [0.29, 0.717) is 35.8 Å². The highest BCUT2D eigenvalue weighted by molar-refractivity contribution is 9.10. The predicted molar refractivity (Wildman–Crippen MR) is 95.0 cm³/mol. The molecule has 0 spiro atoms. The highest BCUT2D eigenvalue weighted by Crippen LogP contribution is 2.18. The van der Waals surface area contributed by atoms with Gasteiger partial charge < -0.3 is 4.90 Å². The van der Waals surface area contributed by atoms with Crippen molar-refractivity contribution in [2.75, 3.05) is 38.0 Å². The molecule has 0 radical (unpaired) electrons. The molecule has 1 aromatic carbocycles. The van der Waals surface area contributed by atoms with Crippen molar-refractivity contribution in [2.24, 2.45) is 0 Å². The van der Waals surface area contributed by atoms with Crippen LogP contribution in [0.3, 0.4) is 0 Å². The minimum absolute atomic E-state index is 0.0526. The molecule has 2 amide bonds. The van der Waals surface area contributed by atoms with Gasteiger partial charge in [-0.05, 0) is 18.2 Å². The van der Waals surface area contributed by atoms with Crippen molar-refractivity contribution in [3.8, 4) is 0 Å². The second-order valence-corrected chi connectivity index (χ2v) is 7.23. The summed E-state index contributed by atoms with van der Waals surface area (Å²) in [7, 11) is 0. The quantitative estimate of drug-likeness (QED) is 0.804. The Kier molecular flexibility index (Phi) is 5.71. The molecule has 2 aromatic rings. The van der Waals surface area contributed by atoms with Crippen LogP contribution in [0.2, 0.25) is 0 Å². The zero-order valence-corrected chi connectivity index (χ0v) is 15.5. The van der Waals surface area contributed by atoms with Crippen molar-refractivity contribution in [3.63, 3.8) is 0 Å². The lowest BCUT2D eigenvalue weighted by atomic mass is 10.1. The SMILES string of the molecule is O=C(CN1CCN(C(=O)c2cc(Br)ccc2F)CC1)Nc1nncs1. The highest BCUT2D eigenvalue weighted by atomic mass is 79.9. The molecule has 1 aromatic heterocycles. The maximum atomic E-state index is 13.9. The molecule has 2 heterocycles. The van der Waals surface area contributed by atoms with Gasteiger partial charge in [-0.2, -0.15) is 0 Å². The Morgan fingerprint density at radius 1 is 1.28 bits per heavy atom. The summed E-state index contributed by atoms with van der Waals surface area (Å²) in [6.07, 6.45) is 0. The van der Waals surface area contributed by atoms with E-state index in [1.807, 2.05) is 4.90 Å². The van der Waals surface area contributed by atoms with E-state index in [0.717, 1.165) is 0 Å². The Morgan fingerprint density at radius 2 is 2.04 bits per heavy atom. The van der Waals surface area contributed by atoms with E-state index < -0.39 is 5.82 Å². The molecule has 0 aliphatic carbocycles. The van der Waals surface area contributed by atoms with Crippen LogP contribution in [-0.2, 0) is 4.79 Å². The number of amides is 2. The fourth-order valence-electron chi connectivity index (χ4n) is 2.53. The standard InChI is InChI=1S/C15H15BrFN5O2S/c16-10-1-2-12(17)11(7-10)14(24)22-5-3-21(4-6-22)8-13(23)19-15-20-18-9-25-15/h1-2,7,9H,3-6,8H2,(H,19,20,23). The van der Waals surface area contributed by atoms with Crippen molar-refractivity contribution >= 4 is 44.2 Å². The normalized spacial score (nSPS) is 15.2. The Balaban J connectivity index is 1.52. The number of piperazine rings is 1. The van der Waals surface area contributed by atoms with Crippen molar-refractivity contribution in [1.82, 2.24) is 20.0 Å². The maximum absolute atomic E-state index is 13.9. The molecule has 132 valence electrons. The molecule has 1 N–H and O–H groups in total. The van der Waals surface area contributed by atoms with Gasteiger partial charge in [-0.3, -0.25) is 19.8 Å². The number of anilines is 1. The van der Waals surface area contributed by atoms with Gasteiger partial charge in [-0.1, -0.05) is 27.3 Å². The number of carbonyl (C=O) groups is 2. The fourth-order valence-corrected chi connectivity index (χ4v) is 3.35. The van der Waals surface area contributed by atoms with Gasteiger partial charge in [-0.15, -0.1) is 10.2 Å². The fraction of sp³-hybridized carbons (Fsp3) is 0.333. The van der Waals surface area contributed by atoms with E-state index in [-0.39, 0.29) is 23.9 Å². The Labute approximate surface area is 156 Å². The molecule has 1 saturated heterocycles. The summed E-state index contributed by atoms with van der Waals surface area (Å²) < 4.78 is 14.5. The van der Waals surface area contributed by atoms with Crippen molar-refractivity contribution in [3.05, 3.63) is 39.6 Å². The van der Waals surface area contributed by atoms with E-state index in [9.17, 15) is 14.0 Å². The molecule has 1 aliphatic heterocycles. The first-order chi connectivity index (χ1) is 12.0. The van der Waals surface area contributed by atoms with Crippen LogP contribution in [0.25, 0.3) is 0 Å². The van der Waals surface area contributed by atoms with E-state index in [1.165, 1.54) is 23.5 Å². The second kappa shape index (κ2) is 7.98. The van der Waals surface area contributed by atoms with Gasteiger partial charge in [0.15, 0.2) is 0 Å². The number of benzene rings is 1. The summed E-state index contributed by atoms with van der Waals surface area (Å²) in [5, 5.41) is 10.5. The molecule has 1 fully saturated rings. The molecule has 25 heavy (non-hydrogen) atoms. The van der Waals surface area contributed by atoms with Crippen LogP contribution in [0, 0.1) is 5.82 Å². The van der Waals surface area contributed by atoms with Crippen LogP contribution in [0.4, 0.5) is 9.52 Å². The number of halogens is 2. The second-order valence-electron chi connectivity index (χ2n) is 5.48. The monoisotopic (exact) mass is 427 g/mol. The first-order valence-corrected chi connectivity index (χ1v) is 9.23. The van der Waals surface area contributed by atoms with E-state index in [1.54, 1.807) is 16.5 Å². The largest absolute Gasteiger partial charge is 0.336 e. The molecule has 0 saturated carbocycles. The van der Waals surface area contributed by atoms with Crippen LogP contribution in [0.1, 0.15) is 10.4 Å². The Bertz CT molecular complexity index is 765. The number of nitrogens with one attached hydrogen (secondary N) is 1. The van der Waals surface area contributed by atoms with Crippen LogP contribution < -0.4 is 5.32 Å². The first-order valence-electron chi connectivity index (χ1n) is 7.55. The summed E-state index contributed by atoms with van der Waals surface area (Å²) in [5.74, 6) is -1.04. The van der Waals surface area contributed by atoms with Gasteiger partial charge in [0.05, 0.1) is 12.1 Å².